The second-order valence-electron chi connectivity index (χ2n) is 4.16. The van der Waals surface area contributed by atoms with Crippen LogP contribution in [0.3, 0.4) is 0 Å². The molecule has 2 rings (SSSR count). The highest BCUT2D eigenvalue weighted by Gasteiger charge is 2.39. The zero-order valence-electron chi connectivity index (χ0n) is 8.65. The Labute approximate surface area is 95.8 Å². The maximum Gasteiger partial charge on any atom is 0.309 e. The molecule has 0 bridgehead atoms. The number of aliphatic carboxylic acids is 1. The number of carboxylic acids is 1. The zero-order chi connectivity index (χ0) is 9.97. The van der Waals surface area contributed by atoms with Gasteiger partial charge in [0.05, 0.1) is 12.0 Å². The minimum Gasteiger partial charge on any atom is -0.481 e. The van der Waals surface area contributed by atoms with Crippen molar-refractivity contribution in [1.29, 1.82) is 0 Å². The van der Waals surface area contributed by atoms with Gasteiger partial charge < -0.3 is 15.2 Å². The third kappa shape index (κ3) is 2.83. The van der Waals surface area contributed by atoms with Gasteiger partial charge in [-0.2, -0.15) is 0 Å². The van der Waals surface area contributed by atoms with Crippen LogP contribution in [0.15, 0.2) is 0 Å². The van der Waals surface area contributed by atoms with Crippen molar-refractivity contribution < 1.29 is 14.6 Å². The van der Waals surface area contributed by atoms with Gasteiger partial charge in [0, 0.05) is 6.61 Å². The summed E-state index contributed by atoms with van der Waals surface area (Å²) in [5.41, 5.74) is 0. The van der Waals surface area contributed by atoms with Crippen LogP contribution in [0.2, 0.25) is 0 Å². The number of carboxylic acid groups (broad SMARTS) is 1. The van der Waals surface area contributed by atoms with E-state index in [-0.39, 0.29) is 24.4 Å². The standard InChI is InChI=1S/C10H17NO3.ClH/c12-10(13)8-3-6-14-9(8)7-1-4-11-5-2-7;/h7-9,11H,1-6H2,(H,12,13);1H/t8-,9+;/m0./s1. The zero-order valence-corrected chi connectivity index (χ0v) is 9.46. The van der Waals surface area contributed by atoms with Gasteiger partial charge in [-0.15, -0.1) is 12.4 Å². The first kappa shape index (κ1) is 12.7. The fourth-order valence-corrected chi connectivity index (χ4v) is 2.51. The van der Waals surface area contributed by atoms with E-state index < -0.39 is 5.97 Å². The lowest BCUT2D eigenvalue weighted by molar-refractivity contribution is -0.144. The molecule has 2 aliphatic rings. The summed E-state index contributed by atoms with van der Waals surface area (Å²) in [5, 5.41) is 12.3. The van der Waals surface area contributed by atoms with Crippen molar-refractivity contribution in [2.45, 2.75) is 25.4 Å². The first-order valence-electron chi connectivity index (χ1n) is 5.34. The van der Waals surface area contributed by atoms with Crippen molar-refractivity contribution in [2.24, 2.45) is 11.8 Å². The van der Waals surface area contributed by atoms with Crippen LogP contribution in [-0.4, -0.2) is 36.9 Å². The number of hydrogen-bond acceptors (Lipinski definition) is 3. The van der Waals surface area contributed by atoms with E-state index in [9.17, 15) is 4.79 Å². The third-order valence-corrected chi connectivity index (χ3v) is 3.30. The van der Waals surface area contributed by atoms with Gasteiger partial charge in [-0.05, 0) is 38.3 Å². The Morgan fingerprint density at radius 2 is 1.93 bits per heavy atom. The summed E-state index contributed by atoms with van der Waals surface area (Å²) in [7, 11) is 0. The van der Waals surface area contributed by atoms with Crippen LogP contribution in [0.5, 0.6) is 0 Å². The second kappa shape index (κ2) is 5.68. The maximum absolute atomic E-state index is 11.0. The average Bonchev–Trinajstić information content (AvgIpc) is 2.67. The number of piperidine rings is 1. The fraction of sp³-hybridized carbons (Fsp3) is 0.900. The molecule has 0 amide bonds. The molecule has 2 N–H and O–H groups in total. The highest BCUT2D eigenvalue weighted by Crippen LogP contribution is 2.31. The minimum absolute atomic E-state index is 0. The van der Waals surface area contributed by atoms with Crippen LogP contribution in [0.25, 0.3) is 0 Å². The Kier molecular flexibility index (Phi) is 4.83. The summed E-state index contributed by atoms with van der Waals surface area (Å²) in [6, 6.07) is 0. The Balaban J connectivity index is 0.00000112. The fourth-order valence-electron chi connectivity index (χ4n) is 2.51. The van der Waals surface area contributed by atoms with Gasteiger partial charge in [-0.1, -0.05) is 0 Å². The molecular weight excluding hydrogens is 218 g/mol. The summed E-state index contributed by atoms with van der Waals surface area (Å²) < 4.78 is 5.56. The molecule has 0 spiro atoms. The number of rotatable bonds is 2. The van der Waals surface area contributed by atoms with Gasteiger partial charge >= 0.3 is 5.97 Å². The molecule has 0 unspecified atom stereocenters. The first-order valence-corrected chi connectivity index (χ1v) is 5.34. The van der Waals surface area contributed by atoms with Crippen LogP contribution in [0.4, 0.5) is 0 Å². The van der Waals surface area contributed by atoms with Gasteiger partial charge in [-0.25, -0.2) is 0 Å². The Morgan fingerprint density at radius 1 is 1.27 bits per heavy atom. The molecule has 0 saturated carbocycles. The lowest BCUT2D eigenvalue weighted by Gasteiger charge is -2.29. The summed E-state index contributed by atoms with van der Waals surface area (Å²) in [6.07, 6.45) is 2.75. The van der Waals surface area contributed by atoms with Crippen LogP contribution >= 0.6 is 12.4 Å². The van der Waals surface area contributed by atoms with Crippen LogP contribution in [0.1, 0.15) is 19.3 Å². The molecule has 5 heteroatoms. The van der Waals surface area contributed by atoms with Crippen molar-refractivity contribution in [3.8, 4) is 0 Å². The van der Waals surface area contributed by atoms with Gasteiger partial charge in [0.15, 0.2) is 0 Å². The minimum atomic E-state index is -0.689. The smallest absolute Gasteiger partial charge is 0.309 e. The van der Waals surface area contributed by atoms with E-state index in [2.05, 4.69) is 5.32 Å². The van der Waals surface area contributed by atoms with Crippen LogP contribution in [0, 0.1) is 11.8 Å². The summed E-state index contributed by atoms with van der Waals surface area (Å²) >= 11 is 0. The quantitative estimate of drug-likeness (QED) is 0.747. The van der Waals surface area contributed by atoms with Gasteiger partial charge in [0.25, 0.3) is 0 Å². The van der Waals surface area contributed by atoms with E-state index in [1.54, 1.807) is 0 Å². The molecule has 0 aromatic rings. The molecule has 0 aromatic carbocycles. The highest BCUT2D eigenvalue weighted by atomic mass is 35.5. The van der Waals surface area contributed by atoms with E-state index in [0.717, 1.165) is 25.9 Å². The van der Waals surface area contributed by atoms with Crippen molar-refractivity contribution in [1.82, 2.24) is 5.32 Å². The molecule has 4 nitrogen and oxygen atoms in total. The molecule has 2 aliphatic heterocycles. The van der Waals surface area contributed by atoms with Crippen molar-refractivity contribution in [2.75, 3.05) is 19.7 Å². The van der Waals surface area contributed by atoms with Gasteiger partial charge in [-0.3, -0.25) is 4.79 Å². The van der Waals surface area contributed by atoms with Crippen LogP contribution < -0.4 is 5.32 Å². The first-order chi connectivity index (χ1) is 6.79. The Hall–Kier alpha value is -0.320. The van der Waals surface area contributed by atoms with E-state index >= 15 is 0 Å². The number of nitrogens with one attached hydrogen (secondary N) is 1. The molecule has 15 heavy (non-hydrogen) atoms. The van der Waals surface area contributed by atoms with Gasteiger partial charge in [0.2, 0.25) is 0 Å². The molecule has 0 aromatic heterocycles. The summed E-state index contributed by atoms with van der Waals surface area (Å²) in [4.78, 5) is 11.0. The van der Waals surface area contributed by atoms with E-state index in [0.29, 0.717) is 18.9 Å². The van der Waals surface area contributed by atoms with Gasteiger partial charge in [0.1, 0.15) is 0 Å². The van der Waals surface area contributed by atoms with E-state index in [4.69, 9.17) is 9.84 Å². The Morgan fingerprint density at radius 3 is 2.53 bits per heavy atom. The number of carbonyl (C=O) groups is 1. The average molecular weight is 236 g/mol. The van der Waals surface area contributed by atoms with Crippen molar-refractivity contribution in [3.05, 3.63) is 0 Å². The van der Waals surface area contributed by atoms with Crippen molar-refractivity contribution >= 4 is 18.4 Å². The third-order valence-electron chi connectivity index (χ3n) is 3.30. The Bertz CT molecular complexity index is 219. The molecule has 2 fully saturated rings. The lowest BCUT2D eigenvalue weighted by atomic mass is 9.85. The molecule has 0 radical (unpaired) electrons. The molecular formula is C10H18ClNO3. The maximum atomic E-state index is 11.0. The monoisotopic (exact) mass is 235 g/mol. The lowest BCUT2D eigenvalue weighted by Crippen LogP contribution is -2.38. The molecule has 0 aliphatic carbocycles. The topological polar surface area (TPSA) is 58.6 Å². The second-order valence-corrected chi connectivity index (χ2v) is 4.16. The summed E-state index contributed by atoms with van der Waals surface area (Å²) in [5.74, 6) is -0.510. The van der Waals surface area contributed by atoms with E-state index in [1.807, 2.05) is 0 Å². The predicted molar refractivity (Wildman–Crippen MR) is 58.3 cm³/mol. The van der Waals surface area contributed by atoms with E-state index in [1.165, 1.54) is 0 Å². The number of hydrogen-bond donors (Lipinski definition) is 2. The van der Waals surface area contributed by atoms with Crippen LogP contribution in [-0.2, 0) is 9.53 Å². The SMILES string of the molecule is Cl.O=C(O)[C@H]1CCO[C@@H]1C1CCNCC1. The molecule has 2 heterocycles. The predicted octanol–water partition coefficient (Wildman–Crippen LogP) is 0.897. The van der Waals surface area contributed by atoms with Crippen molar-refractivity contribution in [3.63, 3.8) is 0 Å². The highest BCUT2D eigenvalue weighted by molar-refractivity contribution is 5.85. The number of ether oxygens (including phenoxy) is 1. The molecule has 2 saturated heterocycles. The summed E-state index contributed by atoms with van der Waals surface area (Å²) in [6.45, 7) is 2.61. The number of halogens is 1. The normalized spacial score (nSPS) is 32.3. The molecule has 88 valence electrons. The largest absolute Gasteiger partial charge is 0.481 e. The molecule has 2 atom stereocenters.